The van der Waals surface area contributed by atoms with Crippen LogP contribution in [0, 0.1) is 0 Å². The van der Waals surface area contributed by atoms with Gasteiger partial charge in [-0.15, -0.1) is 11.8 Å². The van der Waals surface area contributed by atoms with Crippen molar-refractivity contribution >= 4 is 23.4 Å². The van der Waals surface area contributed by atoms with Gasteiger partial charge in [0, 0.05) is 49.1 Å². The van der Waals surface area contributed by atoms with Gasteiger partial charge >= 0.3 is 0 Å². The molecule has 0 radical (unpaired) electrons. The van der Waals surface area contributed by atoms with E-state index in [9.17, 15) is 4.79 Å². The molecule has 5 nitrogen and oxygen atoms in total. The predicted octanol–water partition coefficient (Wildman–Crippen LogP) is 2.73. The zero-order valence-electron chi connectivity index (χ0n) is 15.8. The van der Waals surface area contributed by atoms with Crippen molar-refractivity contribution in [1.82, 2.24) is 10.2 Å². The van der Waals surface area contributed by atoms with Crippen molar-refractivity contribution in [3.63, 3.8) is 0 Å². The summed E-state index contributed by atoms with van der Waals surface area (Å²) in [6.07, 6.45) is 0. The summed E-state index contributed by atoms with van der Waals surface area (Å²) >= 11 is 1.77. The molecule has 1 amide bonds. The highest BCUT2D eigenvalue weighted by Crippen LogP contribution is 2.20. The summed E-state index contributed by atoms with van der Waals surface area (Å²) in [7, 11) is 1.68. The van der Waals surface area contributed by atoms with Gasteiger partial charge in [-0.1, -0.05) is 18.2 Å². The number of hydrogen-bond donors (Lipinski definition) is 1. The Labute approximate surface area is 165 Å². The number of thioether (sulfide) groups is 1. The van der Waals surface area contributed by atoms with E-state index in [2.05, 4.69) is 39.4 Å². The van der Waals surface area contributed by atoms with Crippen molar-refractivity contribution in [2.24, 2.45) is 0 Å². The fourth-order valence-electron chi connectivity index (χ4n) is 3.09. The maximum absolute atomic E-state index is 12.2. The first-order valence-corrected chi connectivity index (χ1v) is 10.3. The molecular weight excluding hydrogens is 358 g/mol. The lowest BCUT2D eigenvalue weighted by molar-refractivity contribution is -0.122. The van der Waals surface area contributed by atoms with Crippen LogP contribution >= 0.6 is 11.8 Å². The summed E-state index contributed by atoms with van der Waals surface area (Å²) in [6, 6.07) is 18.4. The summed E-state index contributed by atoms with van der Waals surface area (Å²) in [4.78, 5) is 18.0. The van der Waals surface area contributed by atoms with Crippen molar-refractivity contribution in [3.05, 3.63) is 54.6 Å². The highest BCUT2D eigenvalue weighted by molar-refractivity contribution is 7.99. The summed E-state index contributed by atoms with van der Waals surface area (Å²) in [5.74, 6) is 1.88. The van der Waals surface area contributed by atoms with E-state index < -0.39 is 0 Å². The Hall–Kier alpha value is -2.18. The Balaban J connectivity index is 1.33. The number of piperazine rings is 1. The van der Waals surface area contributed by atoms with Gasteiger partial charge in [-0.25, -0.2) is 0 Å². The van der Waals surface area contributed by atoms with Crippen LogP contribution < -0.4 is 15.0 Å². The quantitative estimate of drug-likeness (QED) is 0.559. The van der Waals surface area contributed by atoms with Crippen LogP contribution in [0.4, 0.5) is 5.69 Å². The van der Waals surface area contributed by atoms with Crippen LogP contribution in [0.3, 0.4) is 0 Å². The van der Waals surface area contributed by atoms with Crippen molar-refractivity contribution in [2.75, 3.05) is 57.0 Å². The second-order valence-electron chi connectivity index (χ2n) is 6.47. The highest BCUT2D eigenvalue weighted by atomic mass is 32.2. The normalized spacial score (nSPS) is 14.8. The van der Waals surface area contributed by atoms with Crippen molar-refractivity contribution in [3.8, 4) is 5.75 Å². The Morgan fingerprint density at radius 1 is 1.04 bits per heavy atom. The van der Waals surface area contributed by atoms with E-state index in [-0.39, 0.29) is 5.91 Å². The number of anilines is 1. The molecule has 0 atom stereocenters. The molecule has 0 bridgehead atoms. The summed E-state index contributed by atoms with van der Waals surface area (Å²) in [5.41, 5.74) is 1.21. The average Bonchev–Trinajstić information content (AvgIpc) is 2.73. The molecule has 0 aromatic heterocycles. The first-order valence-electron chi connectivity index (χ1n) is 9.30. The lowest BCUT2D eigenvalue weighted by atomic mass is 10.2. The minimum atomic E-state index is 0.113. The first kappa shape index (κ1) is 19.6. The lowest BCUT2D eigenvalue weighted by Gasteiger charge is -2.35. The third kappa shape index (κ3) is 6.19. The largest absolute Gasteiger partial charge is 0.497 e. The number of amides is 1. The van der Waals surface area contributed by atoms with E-state index >= 15 is 0 Å². The smallest absolute Gasteiger partial charge is 0.234 e. The molecular formula is C21H27N3O2S. The molecule has 3 rings (SSSR count). The standard InChI is InChI=1S/C21H27N3O2S/c1-26-19-9-7-18(8-10-19)24-14-12-23(13-15-24)17-21(25)22-11-16-27-20-5-3-2-4-6-20/h2-10H,11-17H2,1H3,(H,22,25). The molecule has 1 N–H and O–H groups in total. The lowest BCUT2D eigenvalue weighted by Crippen LogP contribution is -2.49. The average molecular weight is 386 g/mol. The minimum Gasteiger partial charge on any atom is -0.497 e. The number of methoxy groups -OCH3 is 1. The van der Waals surface area contributed by atoms with E-state index in [1.165, 1.54) is 10.6 Å². The Morgan fingerprint density at radius 3 is 2.41 bits per heavy atom. The predicted molar refractivity (Wildman–Crippen MR) is 112 cm³/mol. The molecule has 0 saturated carbocycles. The third-order valence-corrected chi connectivity index (χ3v) is 5.63. The Morgan fingerprint density at radius 2 is 1.74 bits per heavy atom. The number of nitrogens with one attached hydrogen (secondary N) is 1. The molecule has 1 aliphatic rings. The Bertz CT molecular complexity index is 701. The van der Waals surface area contributed by atoms with Gasteiger partial charge in [-0.2, -0.15) is 0 Å². The zero-order chi connectivity index (χ0) is 18.9. The first-order chi connectivity index (χ1) is 13.2. The fourth-order valence-corrected chi connectivity index (χ4v) is 3.88. The van der Waals surface area contributed by atoms with Crippen LogP contribution in [0.1, 0.15) is 0 Å². The molecule has 0 unspecified atom stereocenters. The monoisotopic (exact) mass is 385 g/mol. The molecule has 1 fully saturated rings. The number of ether oxygens (including phenoxy) is 1. The van der Waals surface area contributed by atoms with E-state index in [4.69, 9.17) is 4.74 Å². The fraction of sp³-hybridized carbons (Fsp3) is 0.381. The number of rotatable bonds is 8. The molecule has 1 saturated heterocycles. The number of carbonyl (C=O) groups excluding carboxylic acids is 1. The summed E-state index contributed by atoms with van der Waals surface area (Å²) < 4.78 is 5.21. The zero-order valence-corrected chi connectivity index (χ0v) is 16.6. The topological polar surface area (TPSA) is 44.8 Å². The second-order valence-corrected chi connectivity index (χ2v) is 7.64. The molecule has 144 valence electrons. The van der Waals surface area contributed by atoms with Gasteiger partial charge < -0.3 is 15.0 Å². The Kier molecular flexibility index (Phi) is 7.42. The van der Waals surface area contributed by atoms with Gasteiger partial charge in [0.15, 0.2) is 0 Å². The van der Waals surface area contributed by atoms with E-state index in [1.54, 1.807) is 18.9 Å². The van der Waals surface area contributed by atoms with E-state index in [1.807, 2.05) is 30.3 Å². The molecule has 1 heterocycles. The van der Waals surface area contributed by atoms with Crippen LogP contribution in [0.5, 0.6) is 5.75 Å². The van der Waals surface area contributed by atoms with Crippen LogP contribution in [0.2, 0.25) is 0 Å². The van der Waals surface area contributed by atoms with Gasteiger partial charge in [0.1, 0.15) is 5.75 Å². The van der Waals surface area contributed by atoms with Gasteiger partial charge in [0.25, 0.3) is 0 Å². The van der Waals surface area contributed by atoms with Gasteiger partial charge in [-0.05, 0) is 36.4 Å². The van der Waals surface area contributed by atoms with E-state index in [0.717, 1.165) is 37.7 Å². The number of benzene rings is 2. The van der Waals surface area contributed by atoms with Crippen molar-refractivity contribution in [1.29, 1.82) is 0 Å². The summed E-state index contributed by atoms with van der Waals surface area (Å²) in [6.45, 7) is 4.85. The molecule has 1 aliphatic heterocycles. The third-order valence-electron chi connectivity index (χ3n) is 4.61. The molecule has 2 aromatic carbocycles. The molecule has 6 heteroatoms. The maximum Gasteiger partial charge on any atom is 0.234 e. The van der Waals surface area contributed by atoms with Gasteiger partial charge in [-0.3, -0.25) is 9.69 Å². The number of hydrogen-bond acceptors (Lipinski definition) is 5. The second kappa shape index (κ2) is 10.2. The molecule has 0 spiro atoms. The van der Waals surface area contributed by atoms with Crippen LogP contribution in [0.15, 0.2) is 59.5 Å². The van der Waals surface area contributed by atoms with Gasteiger partial charge in [0.2, 0.25) is 5.91 Å². The van der Waals surface area contributed by atoms with Crippen LogP contribution in [-0.2, 0) is 4.79 Å². The van der Waals surface area contributed by atoms with Crippen LogP contribution in [-0.4, -0.2) is 62.9 Å². The van der Waals surface area contributed by atoms with Crippen molar-refractivity contribution < 1.29 is 9.53 Å². The number of nitrogens with zero attached hydrogens (tertiary/aromatic N) is 2. The molecule has 0 aliphatic carbocycles. The highest BCUT2D eigenvalue weighted by Gasteiger charge is 2.19. The van der Waals surface area contributed by atoms with Gasteiger partial charge in [0.05, 0.1) is 13.7 Å². The molecule has 27 heavy (non-hydrogen) atoms. The molecule has 2 aromatic rings. The van der Waals surface area contributed by atoms with E-state index in [0.29, 0.717) is 13.1 Å². The minimum absolute atomic E-state index is 0.113. The van der Waals surface area contributed by atoms with Crippen molar-refractivity contribution in [2.45, 2.75) is 4.90 Å². The maximum atomic E-state index is 12.2. The SMILES string of the molecule is COc1ccc(N2CCN(CC(=O)NCCSc3ccccc3)CC2)cc1. The summed E-state index contributed by atoms with van der Waals surface area (Å²) in [5, 5.41) is 3.03. The number of carbonyl (C=O) groups is 1. The van der Waals surface area contributed by atoms with Crippen LogP contribution in [0.25, 0.3) is 0 Å².